The van der Waals surface area contributed by atoms with E-state index in [2.05, 4.69) is 38.2 Å². The summed E-state index contributed by atoms with van der Waals surface area (Å²) in [5, 5.41) is 13.3. The maximum Gasteiger partial charge on any atom is 0.0897 e. The summed E-state index contributed by atoms with van der Waals surface area (Å²) >= 11 is 0. The molecule has 0 saturated heterocycles. The summed E-state index contributed by atoms with van der Waals surface area (Å²) in [6.07, 6.45) is 8.60. The van der Waals surface area contributed by atoms with Gasteiger partial charge >= 0.3 is 0 Å². The summed E-state index contributed by atoms with van der Waals surface area (Å²) in [5.74, 6) is 1.31. The standard InChI is InChI=1S/C16H31NO2/c1-4-15(5-2)17-10-16(18)12-19-11-14-9-7-6-8-13(14)3/h6-7,13-18H,4-5,8-12H2,1-3H3. The molecule has 0 saturated carbocycles. The Labute approximate surface area is 118 Å². The van der Waals surface area contributed by atoms with Crippen molar-refractivity contribution in [2.24, 2.45) is 11.8 Å². The number of rotatable bonds is 9. The third-order valence-electron chi connectivity index (χ3n) is 4.19. The minimum absolute atomic E-state index is 0.393. The average molecular weight is 269 g/mol. The highest BCUT2D eigenvalue weighted by Crippen LogP contribution is 2.24. The number of aliphatic hydroxyl groups excluding tert-OH is 1. The zero-order valence-corrected chi connectivity index (χ0v) is 12.8. The van der Waals surface area contributed by atoms with E-state index >= 15 is 0 Å². The van der Waals surface area contributed by atoms with E-state index in [-0.39, 0.29) is 0 Å². The van der Waals surface area contributed by atoms with Crippen LogP contribution in [-0.4, -0.2) is 37.0 Å². The number of hydrogen-bond donors (Lipinski definition) is 2. The second-order valence-electron chi connectivity index (χ2n) is 5.79. The molecule has 0 aromatic heterocycles. The third-order valence-corrected chi connectivity index (χ3v) is 4.19. The molecule has 1 rings (SSSR count). The molecule has 2 N–H and O–H groups in total. The van der Waals surface area contributed by atoms with Crippen molar-refractivity contribution < 1.29 is 9.84 Å². The highest BCUT2D eigenvalue weighted by molar-refractivity contribution is 4.93. The Hall–Kier alpha value is -0.380. The van der Waals surface area contributed by atoms with E-state index in [0.717, 1.165) is 32.3 Å². The molecule has 0 aromatic rings. The molecule has 3 atom stereocenters. The molecule has 112 valence electrons. The molecule has 1 aliphatic rings. The summed E-state index contributed by atoms with van der Waals surface area (Å²) in [7, 11) is 0. The summed E-state index contributed by atoms with van der Waals surface area (Å²) in [4.78, 5) is 0. The van der Waals surface area contributed by atoms with Gasteiger partial charge in [0.15, 0.2) is 0 Å². The van der Waals surface area contributed by atoms with Gasteiger partial charge in [-0.05, 0) is 37.5 Å². The lowest BCUT2D eigenvalue weighted by molar-refractivity contribution is 0.0118. The van der Waals surface area contributed by atoms with Gasteiger partial charge in [0.2, 0.25) is 0 Å². The van der Waals surface area contributed by atoms with Crippen LogP contribution in [0.25, 0.3) is 0 Å². The predicted molar refractivity (Wildman–Crippen MR) is 80.2 cm³/mol. The van der Waals surface area contributed by atoms with Gasteiger partial charge in [-0.2, -0.15) is 0 Å². The van der Waals surface area contributed by atoms with E-state index < -0.39 is 6.10 Å². The molecule has 0 aliphatic heterocycles. The van der Waals surface area contributed by atoms with Crippen molar-refractivity contribution in [3.8, 4) is 0 Å². The number of ether oxygens (including phenoxy) is 1. The van der Waals surface area contributed by atoms with Gasteiger partial charge in [0.1, 0.15) is 0 Å². The lowest BCUT2D eigenvalue weighted by atomic mass is 9.85. The molecule has 0 aromatic carbocycles. The van der Waals surface area contributed by atoms with Crippen molar-refractivity contribution in [3.63, 3.8) is 0 Å². The van der Waals surface area contributed by atoms with Crippen LogP contribution in [0.5, 0.6) is 0 Å². The van der Waals surface area contributed by atoms with Crippen LogP contribution < -0.4 is 5.32 Å². The van der Waals surface area contributed by atoms with Crippen LogP contribution in [0, 0.1) is 11.8 Å². The third kappa shape index (κ3) is 6.55. The fraction of sp³-hybridized carbons (Fsp3) is 0.875. The minimum Gasteiger partial charge on any atom is -0.389 e. The summed E-state index contributed by atoms with van der Waals surface area (Å²) in [6, 6.07) is 0.512. The first-order valence-electron chi connectivity index (χ1n) is 7.81. The van der Waals surface area contributed by atoms with E-state index in [0.29, 0.717) is 31.0 Å². The van der Waals surface area contributed by atoms with E-state index in [9.17, 15) is 5.11 Å². The van der Waals surface area contributed by atoms with Gasteiger partial charge in [-0.15, -0.1) is 0 Å². The van der Waals surface area contributed by atoms with Crippen molar-refractivity contribution in [2.75, 3.05) is 19.8 Å². The van der Waals surface area contributed by atoms with Crippen molar-refractivity contribution in [3.05, 3.63) is 12.2 Å². The zero-order valence-electron chi connectivity index (χ0n) is 12.8. The van der Waals surface area contributed by atoms with Crippen LogP contribution >= 0.6 is 0 Å². The quantitative estimate of drug-likeness (QED) is 0.632. The zero-order chi connectivity index (χ0) is 14.1. The Bertz CT molecular complexity index is 251. The first-order chi connectivity index (χ1) is 9.17. The van der Waals surface area contributed by atoms with Crippen LogP contribution in [0.4, 0.5) is 0 Å². The summed E-state index contributed by atoms with van der Waals surface area (Å²) in [5.41, 5.74) is 0. The minimum atomic E-state index is -0.393. The molecule has 3 unspecified atom stereocenters. The fourth-order valence-corrected chi connectivity index (χ4v) is 2.53. The van der Waals surface area contributed by atoms with Gasteiger partial charge in [0.25, 0.3) is 0 Å². The molecule has 1 aliphatic carbocycles. The number of hydrogen-bond acceptors (Lipinski definition) is 3. The summed E-state index contributed by atoms with van der Waals surface area (Å²) in [6.45, 7) is 8.47. The van der Waals surface area contributed by atoms with Crippen LogP contribution in [0.15, 0.2) is 12.2 Å². The van der Waals surface area contributed by atoms with Gasteiger partial charge in [0, 0.05) is 12.6 Å². The Morgan fingerprint density at radius 1 is 1.26 bits per heavy atom. The predicted octanol–water partition coefficient (Wildman–Crippen LogP) is 2.74. The van der Waals surface area contributed by atoms with Crippen LogP contribution in [0.2, 0.25) is 0 Å². The monoisotopic (exact) mass is 269 g/mol. The second-order valence-corrected chi connectivity index (χ2v) is 5.79. The lowest BCUT2D eigenvalue weighted by Crippen LogP contribution is -2.37. The SMILES string of the molecule is CCC(CC)NCC(O)COCC1CC=CCC1C. The highest BCUT2D eigenvalue weighted by Gasteiger charge is 2.18. The smallest absolute Gasteiger partial charge is 0.0897 e. The Balaban J connectivity index is 2.09. The first kappa shape index (κ1) is 16.7. The number of aliphatic hydroxyl groups is 1. The van der Waals surface area contributed by atoms with Gasteiger partial charge < -0.3 is 15.2 Å². The van der Waals surface area contributed by atoms with Crippen molar-refractivity contribution in [2.45, 2.75) is 58.6 Å². The summed E-state index contributed by atoms with van der Waals surface area (Å²) < 4.78 is 5.68. The van der Waals surface area contributed by atoms with Crippen LogP contribution in [-0.2, 0) is 4.74 Å². The van der Waals surface area contributed by atoms with Crippen LogP contribution in [0.1, 0.15) is 46.5 Å². The van der Waals surface area contributed by atoms with Crippen LogP contribution in [0.3, 0.4) is 0 Å². The molecular formula is C16H31NO2. The molecule has 3 heteroatoms. The molecule has 19 heavy (non-hydrogen) atoms. The maximum absolute atomic E-state index is 9.88. The van der Waals surface area contributed by atoms with E-state index in [1.54, 1.807) is 0 Å². The first-order valence-corrected chi connectivity index (χ1v) is 7.81. The second kappa shape index (κ2) is 9.51. The largest absolute Gasteiger partial charge is 0.389 e. The molecular weight excluding hydrogens is 238 g/mol. The van der Waals surface area contributed by atoms with Crippen molar-refractivity contribution >= 4 is 0 Å². The van der Waals surface area contributed by atoms with E-state index in [1.807, 2.05) is 0 Å². The topological polar surface area (TPSA) is 41.5 Å². The Morgan fingerprint density at radius 2 is 1.95 bits per heavy atom. The maximum atomic E-state index is 9.88. The molecule has 0 radical (unpaired) electrons. The Kier molecular flexibility index (Phi) is 8.35. The van der Waals surface area contributed by atoms with Crippen molar-refractivity contribution in [1.29, 1.82) is 0 Å². The number of allylic oxidation sites excluding steroid dienone is 2. The van der Waals surface area contributed by atoms with Gasteiger partial charge in [-0.3, -0.25) is 0 Å². The molecule has 0 spiro atoms. The average Bonchev–Trinajstić information content (AvgIpc) is 2.42. The van der Waals surface area contributed by atoms with Gasteiger partial charge in [-0.1, -0.05) is 32.9 Å². The molecule has 0 heterocycles. The van der Waals surface area contributed by atoms with Gasteiger partial charge in [-0.25, -0.2) is 0 Å². The molecule has 3 nitrogen and oxygen atoms in total. The molecule has 0 fully saturated rings. The number of nitrogens with one attached hydrogen (secondary N) is 1. The Morgan fingerprint density at radius 3 is 2.58 bits per heavy atom. The molecule has 0 amide bonds. The lowest BCUT2D eigenvalue weighted by Gasteiger charge is -2.25. The fourth-order valence-electron chi connectivity index (χ4n) is 2.53. The van der Waals surface area contributed by atoms with E-state index in [4.69, 9.17) is 4.74 Å². The van der Waals surface area contributed by atoms with Crippen molar-refractivity contribution in [1.82, 2.24) is 5.32 Å². The molecule has 0 bridgehead atoms. The van der Waals surface area contributed by atoms with E-state index in [1.165, 1.54) is 0 Å². The highest BCUT2D eigenvalue weighted by atomic mass is 16.5. The normalized spacial score (nSPS) is 24.9. The van der Waals surface area contributed by atoms with Gasteiger partial charge in [0.05, 0.1) is 19.3 Å².